The number of halogens is 17. The summed E-state index contributed by atoms with van der Waals surface area (Å²) in [5, 5.41) is 14.6. The second-order valence-corrected chi connectivity index (χ2v) is 33.5. The van der Waals surface area contributed by atoms with Gasteiger partial charge in [0.1, 0.15) is 28.0 Å². The third-order valence-electron chi connectivity index (χ3n) is 4.59. The predicted molar refractivity (Wildman–Crippen MR) is 180 cm³/mol. The van der Waals surface area contributed by atoms with Gasteiger partial charge >= 0.3 is 0 Å². The van der Waals surface area contributed by atoms with Crippen LogP contribution in [-0.4, -0.2) is 35.8 Å². The van der Waals surface area contributed by atoms with Crippen LogP contribution in [0.5, 0.6) is 0 Å². The summed E-state index contributed by atoms with van der Waals surface area (Å²) in [6, 6.07) is 0. The van der Waals surface area contributed by atoms with Crippen LogP contribution in [0.1, 0.15) is 0 Å². The Hall–Kier alpha value is 8.12. The van der Waals surface area contributed by atoms with Crippen LogP contribution >= 0.6 is 271 Å². The van der Waals surface area contributed by atoms with E-state index >= 15 is 0 Å². The van der Waals surface area contributed by atoms with Gasteiger partial charge in [-0.25, -0.2) is 5.11 Å². The van der Waals surface area contributed by atoms with Crippen molar-refractivity contribution in [3.8, 4) is 0 Å². The molecule has 28 heavy (non-hydrogen) atoms. The number of rotatable bonds is 0. The van der Waals surface area contributed by atoms with Crippen LogP contribution in [-0.2, 0) is 5.11 Å². The number of hydrogen-bond acceptors (Lipinski definition) is 0. The molecule has 3 unspecified atom stereocenters. The maximum absolute atomic E-state index is 14.6. The monoisotopic (exact) mass is 1480 g/mol. The normalized spacial score (nSPS) is 46.5. The van der Waals surface area contributed by atoms with E-state index in [-0.39, 0.29) is 0 Å². The van der Waals surface area contributed by atoms with Crippen molar-refractivity contribution in [3.05, 3.63) is 0 Å². The molecule has 0 amide bonds. The molecule has 2 saturated carbocycles. The fourth-order valence-corrected chi connectivity index (χ4v) is 25.5. The second-order valence-electron chi connectivity index (χ2n) is 5.93. The van der Waals surface area contributed by atoms with Crippen molar-refractivity contribution in [2.75, 3.05) is 0 Å². The maximum atomic E-state index is 14.6. The van der Waals surface area contributed by atoms with Crippen molar-refractivity contribution < 1.29 is 5.11 Å². The summed E-state index contributed by atoms with van der Waals surface area (Å²) in [6.45, 7) is 0. The average molecular weight is 1490 g/mol. The lowest BCUT2D eigenvalue weighted by molar-refractivity contribution is -0.0219. The van der Waals surface area contributed by atoms with Crippen molar-refractivity contribution in [3.63, 3.8) is 0 Å². The zero-order chi connectivity index (χ0) is 23.0. The highest BCUT2D eigenvalue weighted by Gasteiger charge is 2.98. The maximum Gasteiger partial charge on any atom is 0.204 e. The highest BCUT2D eigenvalue weighted by Crippen LogP contribution is 2.91. The lowest BCUT2D eigenvalue weighted by Gasteiger charge is -2.77. The Bertz CT molecular complexity index is 593. The van der Waals surface area contributed by atoms with E-state index in [1.165, 1.54) is 0 Å². The Morgan fingerprint density at radius 3 is 0.786 bits per heavy atom. The van der Waals surface area contributed by atoms with Crippen molar-refractivity contribution in [1.29, 1.82) is 0 Å². The van der Waals surface area contributed by atoms with Crippen molar-refractivity contribution >= 4 is 271 Å². The fraction of sp³-hybridized carbons (Fsp3) is 1.00. The van der Waals surface area contributed by atoms with Crippen LogP contribution in [0.15, 0.2) is 0 Å². The number of alkyl halides is 17. The molecule has 0 saturated heterocycles. The minimum atomic E-state index is -1.97. The van der Waals surface area contributed by atoms with Gasteiger partial charge in [0.2, 0.25) is 4.51 Å². The molecule has 18 heteroatoms. The summed E-state index contributed by atoms with van der Waals surface area (Å²) >= 11 is 64.0. The molecule has 0 aromatic carbocycles. The second kappa shape index (κ2) is 8.81. The molecule has 0 aromatic rings. The van der Waals surface area contributed by atoms with E-state index in [0.717, 1.165) is 0 Å². The van der Waals surface area contributed by atoms with Gasteiger partial charge in [0.15, 0.2) is 3.23 Å². The molecule has 2 aliphatic carbocycles. The molecular weight excluding hydrogens is 1490 g/mol. The van der Waals surface area contributed by atoms with E-state index in [1.807, 2.05) is 0 Å². The molecule has 0 N–H and O–H groups in total. The smallest absolute Gasteiger partial charge is 0.204 e. The summed E-state index contributed by atoms with van der Waals surface area (Å²) in [7, 11) is 0. The molecule has 2 aliphatic rings. The van der Waals surface area contributed by atoms with E-state index in [1.54, 1.807) is 0 Å². The summed E-state index contributed by atoms with van der Waals surface area (Å²) in [6.07, 6.45) is 0. The van der Waals surface area contributed by atoms with Gasteiger partial charge in [0, 0.05) is 0 Å². The third-order valence-corrected chi connectivity index (χ3v) is 41.9. The summed E-state index contributed by atoms with van der Waals surface area (Å²) in [4.78, 5) is 0. The van der Waals surface area contributed by atoms with Gasteiger partial charge in [0.25, 0.3) is 0 Å². The van der Waals surface area contributed by atoms with E-state index in [0.29, 0.717) is 0 Å². The average Bonchev–Trinajstić information content (AvgIpc) is 2.49. The first-order chi connectivity index (χ1) is 11.8. The van der Waals surface area contributed by atoms with E-state index < -0.39 is 35.8 Å². The molecule has 0 heterocycles. The first kappa shape index (κ1) is 32.3. The summed E-state index contributed by atoms with van der Waals surface area (Å²) in [5.41, 5.74) is 0. The molecule has 0 spiro atoms. The predicted octanol–water partition coefficient (Wildman–Crippen LogP) is 12.2. The summed E-state index contributed by atoms with van der Waals surface area (Å²) in [5.74, 6) is 0. The van der Waals surface area contributed by atoms with Gasteiger partial charge in [-0.15, -0.1) is 0 Å². The fourth-order valence-electron chi connectivity index (χ4n) is 2.93. The van der Waals surface area contributed by atoms with Crippen molar-refractivity contribution in [2.45, 2.75) is 35.8 Å². The first-order valence-corrected chi connectivity index (χ1v) is 19.6. The molecule has 2 rings (SSSR count). The molecule has 0 aliphatic heterocycles. The molecule has 165 valence electrons. The number of hydrogen-bond donors (Lipinski definition) is 0. The molecule has 0 bridgehead atoms. The van der Waals surface area contributed by atoms with Gasteiger partial charge in [0.05, 0.1) is 0 Å². The molecule has 0 aromatic heterocycles. The topological polar surface area (TPSA) is 19.9 Å². The standard InChI is InChI=1S/C10Br17O/c11-1-2(12,5(17,18)7(21,22)6(19,20)3(1,13)14)10(27,28)9(25,26)8(23,24)4(1,15)16. The Kier molecular flexibility index (Phi) is 10.2. The van der Waals surface area contributed by atoms with Crippen molar-refractivity contribution in [1.82, 2.24) is 0 Å². The Morgan fingerprint density at radius 1 is 0.286 bits per heavy atom. The lowest BCUT2D eigenvalue weighted by Crippen LogP contribution is -2.94. The molecule has 1 nitrogen and oxygen atoms in total. The lowest BCUT2D eigenvalue weighted by atomic mass is 9.67. The highest BCUT2D eigenvalue weighted by molar-refractivity contribution is 9.36. The zero-order valence-corrected chi connectivity index (χ0v) is 38.8. The van der Waals surface area contributed by atoms with Crippen LogP contribution in [0.3, 0.4) is 0 Å². The molecular formula is C10Br17O. The van der Waals surface area contributed by atoms with Crippen LogP contribution in [0, 0.1) is 0 Å². The van der Waals surface area contributed by atoms with Crippen LogP contribution in [0.4, 0.5) is 0 Å². The zero-order valence-electron chi connectivity index (χ0n) is 11.8. The Morgan fingerprint density at radius 2 is 0.500 bits per heavy atom. The molecule has 1 radical (unpaired) electrons. The van der Waals surface area contributed by atoms with Gasteiger partial charge in [-0.05, 0) is 15.9 Å². The van der Waals surface area contributed by atoms with Crippen molar-refractivity contribution in [2.24, 2.45) is 0 Å². The Labute approximate surface area is 305 Å². The number of fused-ring (bicyclic) bond motifs is 1. The van der Waals surface area contributed by atoms with Gasteiger partial charge in [-0.3, -0.25) is 0 Å². The minimum absolute atomic E-state index is 0.974. The van der Waals surface area contributed by atoms with Crippen LogP contribution in [0.25, 0.3) is 0 Å². The highest BCUT2D eigenvalue weighted by atomic mass is 79.9. The summed E-state index contributed by atoms with van der Waals surface area (Å²) < 4.78 is -12.4. The Balaban J connectivity index is 3.23. The van der Waals surface area contributed by atoms with E-state index in [2.05, 4.69) is 271 Å². The third kappa shape index (κ3) is 3.26. The van der Waals surface area contributed by atoms with E-state index in [9.17, 15) is 5.11 Å². The largest absolute Gasteiger partial charge is 0.213 e. The van der Waals surface area contributed by atoms with Crippen LogP contribution < -0.4 is 0 Å². The van der Waals surface area contributed by atoms with E-state index in [4.69, 9.17) is 0 Å². The molecule has 3 atom stereocenters. The quantitative estimate of drug-likeness (QED) is 0.216. The minimum Gasteiger partial charge on any atom is -0.213 e. The first-order valence-electron chi connectivity index (χ1n) is 6.17. The van der Waals surface area contributed by atoms with Gasteiger partial charge < -0.3 is 0 Å². The van der Waals surface area contributed by atoms with Crippen LogP contribution in [0.2, 0.25) is 0 Å². The van der Waals surface area contributed by atoms with Gasteiger partial charge in [-0.1, -0.05) is 255 Å². The van der Waals surface area contributed by atoms with Gasteiger partial charge in [-0.2, -0.15) is 0 Å². The SMILES string of the molecule is [O]C1(Br)C(Br)(Br)C(Br)(Br)C(Br)(Br)C2(Br)C(Br)(Br)C(Br)(Br)C(Br)(Br)C(Br)(Br)C12Br. The molecule has 2 fully saturated rings.